The lowest BCUT2D eigenvalue weighted by Crippen LogP contribution is -2.59. The van der Waals surface area contributed by atoms with E-state index in [4.69, 9.17) is 0 Å². The van der Waals surface area contributed by atoms with Gasteiger partial charge in [0.05, 0.1) is 4.90 Å². The monoisotopic (exact) mass is 586 g/mol. The van der Waals surface area contributed by atoms with Crippen LogP contribution in [0.2, 0.25) is 0 Å². The van der Waals surface area contributed by atoms with Crippen molar-refractivity contribution in [3.63, 3.8) is 0 Å². The fourth-order valence-corrected chi connectivity index (χ4v) is 7.55. The fourth-order valence-electron chi connectivity index (χ4n) is 6.18. The van der Waals surface area contributed by atoms with Crippen LogP contribution in [-0.4, -0.2) is 36.4 Å². The largest absolute Gasteiger partial charge is 0.361 e. The third kappa shape index (κ3) is 6.30. The van der Waals surface area contributed by atoms with Crippen LogP contribution < -0.4 is 10.0 Å². The molecular weight excluding hydrogens is 544 g/mol. The van der Waals surface area contributed by atoms with Gasteiger partial charge in [0, 0.05) is 47.4 Å². The topological polar surface area (TPSA) is 104 Å². The molecule has 0 unspecified atom stereocenters. The Hall–Kier alpha value is -3.49. The van der Waals surface area contributed by atoms with E-state index in [2.05, 4.69) is 40.8 Å². The number of benzene rings is 2. The third-order valence-electron chi connectivity index (χ3n) is 8.72. The van der Waals surface area contributed by atoms with Gasteiger partial charge in [-0.2, -0.15) is 4.72 Å². The van der Waals surface area contributed by atoms with Crippen LogP contribution >= 0.6 is 0 Å². The summed E-state index contributed by atoms with van der Waals surface area (Å²) in [7, 11) is -4.03. The van der Waals surface area contributed by atoms with Crippen LogP contribution in [-0.2, 0) is 32.1 Å². The molecule has 1 atom stereocenters. The van der Waals surface area contributed by atoms with E-state index >= 15 is 0 Å². The number of pyridine rings is 1. The van der Waals surface area contributed by atoms with E-state index in [1.165, 1.54) is 0 Å². The Bertz CT molecular complexity index is 1630. The van der Waals surface area contributed by atoms with E-state index in [-0.39, 0.29) is 28.1 Å². The highest BCUT2D eigenvalue weighted by molar-refractivity contribution is 7.89. The average Bonchev–Trinajstić information content (AvgIpc) is 3.38. The predicted octanol–water partition coefficient (Wildman–Crippen LogP) is 6.16. The van der Waals surface area contributed by atoms with Gasteiger partial charge in [0.2, 0.25) is 15.9 Å². The molecule has 1 saturated carbocycles. The third-order valence-corrected chi connectivity index (χ3v) is 10.3. The molecule has 222 valence electrons. The van der Waals surface area contributed by atoms with Crippen molar-refractivity contribution in [3.05, 3.63) is 95.9 Å². The normalized spacial score (nSPS) is 17.0. The Balaban J connectivity index is 1.46. The van der Waals surface area contributed by atoms with Gasteiger partial charge in [-0.1, -0.05) is 76.4 Å². The van der Waals surface area contributed by atoms with Crippen LogP contribution in [0.4, 0.5) is 0 Å². The maximum atomic E-state index is 14.2. The van der Waals surface area contributed by atoms with E-state index in [1.807, 2.05) is 60.8 Å². The maximum Gasteiger partial charge on any atom is 0.241 e. The first-order valence-corrected chi connectivity index (χ1v) is 16.3. The van der Waals surface area contributed by atoms with Gasteiger partial charge in [-0.05, 0) is 66.6 Å². The first kappa shape index (κ1) is 30.0. The van der Waals surface area contributed by atoms with Crippen molar-refractivity contribution in [2.75, 3.05) is 6.54 Å². The molecule has 2 aromatic heterocycles. The summed E-state index contributed by atoms with van der Waals surface area (Å²) in [6.45, 7) is 8.33. The van der Waals surface area contributed by atoms with Crippen LogP contribution in [0.25, 0.3) is 10.9 Å². The van der Waals surface area contributed by atoms with Crippen LogP contribution in [0.5, 0.6) is 0 Å². The molecular formula is C34H42N4O3S. The lowest BCUT2D eigenvalue weighted by atomic mass is 9.71. The maximum absolute atomic E-state index is 14.2. The number of nitrogens with zero attached hydrogens (tertiary/aromatic N) is 1. The Labute approximate surface area is 249 Å². The van der Waals surface area contributed by atoms with E-state index in [0.717, 1.165) is 59.8 Å². The highest BCUT2D eigenvalue weighted by Gasteiger charge is 2.41. The number of fused-ring (bicyclic) bond motifs is 1. The van der Waals surface area contributed by atoms with Crippen molar-refractivity contribution in [2.45, 2.75) is 87.5 Å². The van der Waals surface area contributed by atoms with Gasteiger partial charge in [-0.25, -0.2) is 8.42 Å². The van der Waals surface area contributed by atoms with Gasteiger partial charge >= 0.3 is 0 Å². The lowest BCUT2D eigenvalue weighted by Gasteiger charge is -2.38. The van der Waals surface area contributed by atoms with Crippen LogP contribution in [0.1, 0.15) is 76.6 Å². The highest BCUT2D eigenvalue weighted by atomic mass is 32.2. The first-order chi connectivity index (χ1) is 19.9. The molecule has 5 rings (SSSR count). The minimum Gasteiger partial charge on any atom is -0.361 e. The number of amides is 1. The Morgan fingerprint density at radius 3 is 2.29 bits per heavy atom. The standard InChI is InChI=1S/C34H42N4O3S/c1-32(2,3)26-15-17-27(18-16-26)42(40,41)38-33(4,22-25-23-36-29-13-7-6-12-28(25)29)31(39)37-24-34(19-9-5-10-20-34)30-14-8-11-21-35-30/h6-8,11-18,21,23,36,38H,5,9-10,19-20,22,24H2,1-4H3,(H,37,39)/t33-/m0/s1. The van der Waals surface area contributed by atoms with E-state index in [1.54, 1.807) is 25.3 Å². The van der Waals surface area contributed by atoms with Crippen LogP contribution in [0, 0.1) is 0 Å². The second-order valence-electron chi connectivity index (χ2n) is 13.0. The number of rotatable bonds is 9. The van der Waals surface area contributed by atoms with Crippen molar-refractivity contribution in [1.82, 2.24) is 20.0 Å². The number of hydrogen-bond acceptors (Lipinski definition) is 4. The Morgan fingerprint density at radius 1 is 0.929 bits per heavy atom. The number of sulfonamides is 1. The summed E-state index contributed by atoms with van der Waals surface area (Å²) in [5.41, 5.74) is 1.97. The molecule has 7 nitrogen and oxygen atoms in total. The smallest absolute Gasteiger partial charge is 0.241 e. The average molecular weight is 587 g/mol. The summed E-state index contributed by atoms with van der Waals surface area (Å²) in [6, 6.07) is 20.7. The predicted molar refractivity (Wildman–Crippen MR) is 168 cm³/mol. The molecule has 2 aromatic carbocycles. The van der Waals surface area contributed by atoms with Gasteiger partial charge in [0.25, 0.3) is 0 Å². The minimum absolute atomic E-state index is 0.109. The number of aromatic nitrogens is 2. The molecule has 0 saturated heterocycles. The first-order valence-electron chi connectivity index (χ1n) is 14.8. The summed E-state index contributed by atoms with van der Waals surface area (Å²) >= 11 is 0. The number of nitrogens with one attached hydrogen (secondary N) is 3. The van der Waals surface area contributed by atoms with Gasteiger partial charge < -0.3 is 10.3 Å². The fraction of sp³-hybridized carbons (Fsp3) is 0.412. The van der Waals surface area contributed by atoms with Crippen LogP contribution in [0.15, 0.2) is 84.0 Å². The molecule has 0 bridgehead atoms. The second-order valence-corrected chi connectivity index (χ2v) is 14.7. The van der Waals surface area contributed by atoms with Gasteiger partial charge in [-0.15, -0.1) is 0 Å². The summed E-state index contributed by atoms with van der Waals surface area (Å²) < 4.78 is 30.4. The number of H-pyrrole nitrogens is 1. The van der Waals surface area contributed by atoms with Crippen LogP contribution in [0.3, 0.4) is 0 Å². The zero-order chi connectivity index (χ0) is 30.0. The van der Waals surface area contributed by atoms with E-state index in [9.17, 15) is 13.2 Å². The number of carbonyl (C=O) groups is 1. The molecule has 1 amide bonds. The molecule has 8 heteroatoms. The van der Waals surface area contributed by atoms with Gasteiger partial charge in [0.15, 0.2) is 0 Å². The molecule has 1 aliphatic rings. The molecule has 0 radical (unpaired) electrons. The molecule has 0 spiro atoms. The molecule has 4 aromatic rings. The summed E-state index contributed by atoms with van der Waals surface area (Å²) in [6.07, 6.45) is 8.98. The quantitative estimate of drug-likeness (QED) is 0.219. The number of carbonyl (C=O) groups excluding carboxylic acids is 1. The SMILES string of the molecule is CC(C)(C)c1ccc(S(=O)(=O)N[C@@](C)(Cc2c[nH]c3ccccc23)C(=O)NCC2(c3ccccn3)CCCCC2)cc1. The highest BCUT2D eigenvalue weighted by Crippen LogP contribution is 2.38. The Morgan fingerprint density at radius 2 is 1.62 bits per heavy atom. The number of para-hydroxylation sites is 1. The number of hydrogen-bond donors (Lipinski definition) is 3. The van der Waals surface area contributed by atoms with Gasteiger partial charge in [0.1, 0.15) is 5.54 Å². The summed E-state index contributed by atoms with van der Waals surface area (Å²) in [5, 5.41) is 4.14. The van der Waals surface area contributed by atoms with Gasteiger partial charge in [-0.3, -0.25) is 9.78 Å². The summed E-state index contributed by atoms with van der Waals surface area (Å²) in [4.78, 5) is 22.2. The van der Waals surface area contributed by atoms with Crippen molar-refractivity contribution in [2.24, 2.45) is 0 Å². The zero-order valence-corrected chi connectivity index (χ0v) is 25.9. The number of aromatic amines is 1. The molecule has 0 aliphatic heterocycles. The molecule has 1 aliphatic carbocycles. The van der Waals surface area contributed by atoms with Crippen molar-refractivity contribution in [3.8, 4) is 0 Å². The van der Waals surface area contributed by atoms with Crippen molar-refractivity contribution in [1.29, 1.82) is 0 Å². The molecule has 1 fully saturated rings. The zero-order valence-electron chi connectivity index (χ0n) is 25.0. The summed E-state index contributed by atoms with van der Waals surface area (Å²) in [5.74, 6) is -0.358. The molecule has 2 heterocycles. The van der Waals surface area contributed by atoms with Crippen molar-refractivity contribution < 1.29 is 13.2 Å². The molecule has 42 heavy (non-hydrogen) atoms. The Kier molecular flexibility index (Phi) is 8.32. The molecule has 3 N–H and O–H groups in total. The minimum atomic E-state index is -4.03. The van der Waals surface area contributed by atoms with E-state index in [0.29, 0.717) is 6.54 Å². The second kappa shape index (κ2) is 11.7. The van der Waals surface area contributed by atoms with Crippen molar-refractivity contribution >= 4 is 26.8 Å². The lowest BCUT2D eigenvalue weighted by molar-refractivity contribution is -0.126. The van der Waals surface area contributed by atoms with E-state index < -0.39 is 15.6 Å².